The van der Waals surface area contributed by atoms with Crippen molar-refractivity contribution in [3.05, 3.63) is 125 Å². The molecule has 3 aliphatic rings. The highest BCUT2D eigenvalue weighted by molar-refractivity contribution is 6.45. The Morgan fingerprint density at radius 2 is 0.950 bits per heavy atom. The van der Waals surface area contributed by atoms with E-state index in [0.717, 1.165) is 70.3 Å². The SMILES string of the molecule is CCCCCC1CCC(OCOc2ccc(N3C(=O)c4ccc5c6ccc7c8c(ccc(c9ccc(c4c59)C3=O)c86)C(=O)N(c3ccc(CCCC)cc3)C7=O)cc2)CC1. The number of rotatable bonds is 13. The summed E-state index contributed by atoms with van der Waals surface area (Å²) in [4.78, 5) is 59.5. The van der Waals surface area contributed by atoms with Crippen LogP contribution in [-0.2, 0) is 11.2 Å². The van der Waals surface area contributed by atoms with Crippen molar-refractivity contribution in [3.8, 4) is 5.75 Å². The van der Waals surface area contributed by atoms with Crippen molar-refractivity contribution in [2.45, 2.75) is 90.6 Å². The van der Waals surface area contributed by atoms with Gasteiger partial charge in [-0.3, -0.25) is 19.2 Å². The van der Waals surface area contributed by atoms with E-state index in [-0.39, 0.29) is 24.7 Å². The maximum absolute atomic E-state index is 14.3. The number of carbonyl (C=O) groups excluding carboxylic acids is 4. The molecule has 7 aromatic rings. The van der Waals surface area contributed by atoms with Gasteiger partial charge in [0.25, 0.3) is 23.6 Å². The summed E-state index contributed by atoms with van der Waals surface area (Å²) < 4.78 is 12.0. The Morgan fingerprint density at radius 3 is 1.40 bits per heavy atom. The van der Waals surface area contributed by atoms with Gasteiger partial charge in [0.15, 0.2) is 6.79 Å². The molecule has 0 spiro atoms. The molecule has 4 amide bonds. The third-order valence-corrected chi connectivity index (χ3v) is 13.3. The zero-order valence-corrected chi connectivity index (χ0v) is 34.2. The van der Waals surface area contributed by atoms with Crippen molar-refractivity contribution >= 4 is 78.1 Å². The second-order valence-electron chi connectivity index (χ2n) is 16.9. The van der Waals surface area contributed by atoms with Crippen LogP contribution in [-0.4, -0.2) is 36.5 Å². The number of carbonyl (C=O) groups is 4. The van der Waals surface area contributed by atoms with E-state index >= 15 is 0 Å². The lowest BCUT2D eigenvalue weighted by atomic mass is 9.82. The van der Waals surface area contributed by atoms with Crippen molar-refractivity contribution in [3.63, 3.8) is 0 Å². The zero-order chi connectivity index (χ0) is 41.1. The number of unbranched alkanes of at least 4 members (excludes halogenated alkanes) is 3. The summed E-state index contributed by atoms with van der Waals surface area (Å²) in [6, 6.07) is 29.7. The van der Waals surface area contributed by atoms with E-state index < -0.39 is 11.8 Å². The lowest BCUT2D eigenvalue weighted by Crippen LogP contribution is -2.40. The number of aryl methyl sites for hydroxylation is 1. The zero-order valence-electron chi connectivity index (χ0n) is 34.2. The normalized spacial score (nSPS) is 17.9. The number of hydrogen-bond acceptors (Lipinski definition) is 6. The Labute approximate surface area is 349 Å². The highest BCUT2D eigenvalue weighted by atomic mass is 16.7. The summed E-state index contributed by atoms with van der Waals surface area (Å²) in [5, 5.41) is 6.30. The van der Waals surface area contributed by atoms with E-state index in [2.05, 4.69) is 13.8 Å². The number of fused-ring (bicyclic) bond motifs is 2. The van der Waals surface area contributed by atoms with Crippen LogP contribution in [0, 0.1) is 5.92 Å². The summed E-state index contributed by atoms with van der Waals surface area (Å²) >= 11 is 0. The van der Waals surface area contributed by atoms with Crippen LogP contribution >= 0.6 is 0 Å². The fraction of sp³-hybridized carbons (Fsp3) is 0.308. The van der Waals surface area contributed by atoms with Crippen LogP contribution in [0.15, 0.2) is 97.1 Å². The van der Waals surface area contributed by atoms with Crippen molar-refractivity contribution in [1.82, 2.24) is 0 Å². The van der Waals surface area contributed by atoms with Gasteiger partial charge in [0, 0.05) is 33.0 Å². The molecule has 60 heavy (non-hydrogen) atoms. The van der Waals surface area contributed by atoms with E-state index in [1.165, 1.54) is 53.9 Å². The number of anilines is 2. The average molecular weight is 797 g/mol. The molecule has 1 aliphatic carbocycles. The first-order chi connectivity index (χ1) is 29.4. The van der Waals surface area contributed by atoms with Crippen LogP contribution in [0.3, 0.4) is 0 Å². The Balaban J connectivity index is 0.922. The molecule has 7 aromatic carbocycles. The van der Waals surface area contributed by atoms with Gasteiger partial charge in [-0.15, -0.1) is 0 Å². The van der Waals surface area contributed by atoms with Crippen LogP contribution < -0.4 is 14.5 Å². The van der Waals surface area contributed by atoms with Crippen LogP contribution in [0.25, 0.3) is 43.1 Å². The molecule has 8 nitrogen and oxygen atoms in total. The maximum Gasteiger partial charge on any atom is 0.265 e. The number of nitrogens with zero attached hydrogens (tertiary/aromatic N) is 2. The monoisotopic (exact) mass is 796 g/mol. The molecule has 302 valence electrons. The Bertz CT molecular complexity index is 2720. The molecule has 0 bridgehead atoms. The maximum atomic E-state index is 14.3. The summed E-state index contributed by atoms with van der Waals surface area (Å²) in [7, 11) is 0. The third kappa shape index (κ3) is 6.23. The van der Waals surface area contributed by atoms with Crippen molar-refractivity contribution in [2.24, 2.45) is 5.92 Å². The van der Waals surface area contributed by atoms with E-state index in [0.29, 0.717) is 50.2 Å². The molecular weight excluding hydrogens is 749 g/mol. The minimum atomic E-state index is -0.399. The van der Waals surface area contributed by atoms with Gasteiger partial charge in [0.1, 0.15) is 5.75 Å². The van der Waals surface area contributed by atoms with Crippen molar-refractivity contribution < 1.29 is 28.7 Å². The molecule has 8 heteroatoms. The molecule has 0 aromatic heterocycles. The molecule has 0 atom stereocenters. The summed E-state index contributed by atoms with van der Waals surface area (Å²) in [6.45, 7) is 4.56. The summed E-state index contributed by atoms with van der Waals surface area (Å²) in [5.74, 6) is -0.0931. The lowest BCUT2D eigenvalue weighted by Gasteiger charge is -2.30. The molecule has 1 saturated carbocycles. The predicted octanol–water partition coefficient (Wildman–Crippen LogP) is 12.2. The number of hydrogen-bond donors (Lipinski definition) is 0. The van der Waals surface area contributed by atoms with E-state index in [1.54, 1.807) is 48.5 Å². The molecule has 2 aliphatic heterocycles. The second kappa shape index (κ2) is 15.5. The third-order valence-electron chi connectivity index (χ3n) is 13.3. The highest BCUT2D eigenvalue weighted by Crippen LogP contribution is 2.47. The molecular formula is C52H48N2O6. The largest absolute Gasteiger partial charge is 0.468 e. The minimum Gasteiger partial charge on any atom is -0.468 e. The fourth-order valence-electron chi connectivity index (χ4n) is 10.1. The summed E-state index contributed by atoms with van der Waals surface area (Å²) in [6.07, 6.45) is 13.1. The average Bonchev–Trinajstić information content (AvgIpc) is 3.27. The molecule has 0 saturated heterocycles. The Hall–Kier alpha value is -6.12. The molecule has 1 fully saturated rings. The van der Waals surface area contributed by atoms with Gasteiger partial charge in [-0.2, -0.15) is 0 Å². The van der Waals surface area contributed by atoms with Crippen LogP contribution in [0.4, 0.5) is 11.4 Å². The van der Waals surface area contributed by atoms with Gasteiger partial charge >= 0.3 is 0 Å². The minimum absolute atomic E-state index is 0.157. The summed E-state index contributed by atoms with van der Waals surface area (Å²) in [5.41, 5.74) is 3.99. The molecule has 0 N–H and O–H groups in total. The van der Waals surface area contributed by atoms with Gasteiger partial charge in [-0.1, -0.05) is 82.3 Å². The molecule has 2 heterocycles. The smallest absolute Gasteiger partial charge is 0.265 e. The van der Waals surface area contributed by atoms with E-state index in [4.69, 9.17) is 9.47 Å². The first-order valence-corrected chi connectivity index (χ1v) is 21.8. The van der Waals surface area contributed by atoms with Gasteiger partial charge in [-0.25, -0.2) is 9.80 Å². The van der Waals surface area contributed by atoms with Crippen LogP contribution in [0.2, 0.25) is 0 Å². The number of benzene rings is 7. The first kappa shape index (κ1) is 38.1. The van der Waals surface area contributed by atoms with Crippen molar-refractivity contribution in [1.29, 1.82) is 0 Å². The first-order valence-electron chi connectivity index (χ1n) is 21.8. The molecule has 10 rings (SSSR count). The Kier molecular flexibility index (Phi) is 9.83. The standard InChI is InChI=1S/C52H48N2O6/c1-3-5-7-9-32-12-18-35(19-13-32)59-30-60-36-20-16-34(17-21-36)54-51(57)43-28-24-39-37-22-26-41-47-42(50(56)53(49(41)55)33-14-10-31(11-15-33)8-6-4-2)27-23-38(45(37)47)40-25-29-44(52(54)58)48(43)46(39)40/h10-11,14-17,20-29,32,35H,3-9,12-13,18-19,30H2,1-2H3. The topological polar surface area (TPSA) is 93.2 Å². The molecule has 0 unspecified atom stereocenters. The van der Waals surface area contributed by atoms with Gasteiger partial charge < -0.3 is 9.47 Å². The number of imide groups is 2. The van der Waals surface area contributed by atoms with Gasteiger partial charge in [-0.05, 0) is 143 Å². The Morgan fingerprint density at radius 1 is 0.500 bits per heavy atom. The van der Waals surface area contributed by atoms with Gasteiger partial charge in [0.05, 0.1) is 17.5 Å². The number of ether oxygens (including phenoxy) is 2. The predicted molar refractivity (Wildman–Crippen MR) is 238 cm³/mol. The van der Waals surface area contributed by atoms with E-state index in [1.807, 2.05) is 48.5 Å². The van der Waals surface area contributed by atoms with Crippen LogP contribution in [0.1, 0.15) is 125 Å². The van der Waals surface area contributed by atoms with Crippen molar-refractivity contribution in [2.75, 3.05) is 16.6 Å². The van der Waals surface area contributed by atoms with Crippen LogP contribution in [0.5, 0.6) is 5.75 Å². The lowest BCUT2D eigenvalue weighted by molar-refractivity contribution is -0.0554. The van der Waals surface area contributed by atoms with Gasteiger partial charge in [0.2, 0.25) is 0 Å². The number of amides is 4. The fourth-order valence-corrected chi connectivity index (χ4v) is 10.1. The molecule has 0 radical (unpaired) electrons. The second-order valence-corrected chi connectivity index (χ2v) is 16.9. The van der Waals surface area contributed by atoms with E-state index in [9.17, 15) is 19.2 Å². The highest BCUT2D eigenvalue weighted by Gasteiger charge is 2.38. The quantitative estimate of drug-likeness (QED) is 0.0379.